The summed E-state index contributed by atoms with van der Waals surface area (Å²) in [6.07, 6.45) is 1.84. The molecule has 4 rings (SSSR count). The van der Waals surface area contributed by atoms with Crippen LogP contribution in [0.4, 0.5) is 4.39 Å². The Bertz CT molecular complexity index is 894. The maximum absolute atomic E-state index is 13.2. The van der Waals surface area contributed by atoms with Crippen LogP contribution < -0.4 is 5.32 Å². The van der Waals surface area contributed by atoms with Gasteiger partial charge in [0.05, 0.1) is 12.1 Å². The molecule has 0 aliphatic carbocycles. The normalized spacial score (nSPS) is 14.4. The number of carbonyl (C=O) groups is 1. The van der Waals surface area contributed by atoms with Crippen molar-refractivity contribution in [2.45, 2.75) is 13.5 Å². The number of rotatable bonds is 1. The first-order valence-corrected chi connectivity index (χ1v) is 7.28. The predicted octanol–water partition coefficient (Wildman–Crippen LogP) is 3.50. The number of nitrogens with zero attached hydrogens (tertiary/aromatic N) is 1. The molecule has 0 atom stereocenters. The predicted molar refractivity (Wildman–Crippen MR) is 84.4 cm³/mol. The van der Waals surface area contributed by atoms with E-state index >= 15 is 0 Å². The molecule has 0 amide bonds. The lowest BCUT2D eigenvalue weighted by Crippen LogP contribution is -2.23. The summed E-state index contributed by atoms with van der Waals surface area (Å²) in [5.74, 6) is -0.179. The third-order valence-corrected chi connectivity index (χ3v) is 4.33. The van der Waals surface area contributed by atoms with Crippen LogP contribution in [-0.4, -0.2) is 17.0 Å². The summed E-state index contributed by atoms with van der Waals surface area (Å²) >= 11 is 0. The molecular formula is C18H15FN2O. The summed E-state index contributed by atoms with van der Waals surface area (Å²) in [5, 5.41) is 4.24. The van der Waals surface area contributed by atoms with E-state index in [9.17, 15) is 9.18 Å². The summed E-state index contributed by atoms with van der Waals surface area (Å²) in [6, 6.07) is 10.6. The van der Waals surface area contributed by atoms with Crippen molar-refractivity contribution < 1.29 is 9.18 Å². The van der Waals surface area contributed by atoms with Crippen LogP contribution in [0.15, 0.2) is 42.6 Å². The van der Waals surface area contributed by atoms with Crippen LogP contribution in [0, 0.1) is 12.7 Å². The lowest BCUT2D eigenvalue weighted by molar-refractivity contribution is 0.0920. The summed E-state index contributed by atoms with van der Waals surface area (Å²) in [7, 11) is 0. The van der Waals surface area contributed by atoms with Gasteiger partial charge in [-0.3, -0.25) is 9.36 Å². The average molecular weight is 294 g/mol. The summed E-state index contributed by atoms with van der Waals surface area (Å²) in [4.78, 5) is 12.1. The fourth-order valence-electron chi connectivity index (χ4n) is 3.22. The fraction of sp³-hybridized carbons (Fsp3) is 0.167. The second-order valence-electron chi connectivity index (χ2n) is 5.66. The van der Waals surface area contributed by atoms with Crippen molar-refractivity contribution in [2.24, 2.45) is 0 Å². The van der Waals surface area contributed by atoms with Crippen molar-refractivity contribution in [1.29, 1.82) is 0 Å². The van der Waals surface area contributed by atoms with Crippen molar-refractivity contribution in [1.82, 2.24) is 9.88 Å². The van der Waals surface area contributed by atoms with Gasteiger partial charge in [-0.1, -0.05) is 12.1 Å². The lowest BCUT2D eigenvalue weighted by atomic mass is 9.94. The topological polar surface area (TPSA) is 34.0 Å². The van der Waals surface area contributed by atoms with Gasteiger partial charge < -0.3 is 5.32 Å². The minimum Gasteiger partial charge on any atom is -0.304 e. The molecule has 0 spiro atoms. The Morgan fingerprint density at radius 1 is 1.14 bits per heavy atom. The van der Waals surface area contributed by atoms with Crippen LogP contribution in [0.3, 0.4) is 0 Å². The van der Waals surface area contributed by atoms with Gasteiger partial charge in [-0.05, 0) is 53.4 Å². The van der Waals surface area contributed by atoms with Crippen LogP contribution >= 0.6 is 0 Å². The van der Waals surface area contributed by atoms with Crippen molar-refractivity contribution in [3.05, 3.63) is 59.5 Å². The Morgan fingerprint density at radius 2 is 1.91 bits per heavy atom. The summed E-state index contributed by atoms with van der Waals surface area (Å²) in [5.41, 5.74) is 5.25. The van der Waals surface area contributed by atoms with Gasteiger partial charge in [0.2, 0.25) is 5.91 Å². The van der Waals surface area contributed by atoms with Crippen molar-refractivity contribution in [2.75, 3.05) is 6.54 Å². The molecule has 0 bridgehead atoms. The maximum Gasteiger partial charge on any atom is 0.245 e. The largest absolute Gasteiger partial charge is 0.304 e. The smallest absolute Gasteiger partial charge is 0.245 e. The highest BCUT2D eigenvalue weighted by atomic mass is 19.1. The van der Waals surface area contributed by atoms with Gasteiger partial charge in [-0.2, -0.15) is 0 Å². The monoisotopic (exact) mass is 294 g/mol. The molecule has 2 aromatic carbocycles. The van der Waals surface area contributed by atoms with Crippen LogP contribution in [-0.2, 0) is 6.54 Å². The first-order valence-electron chi connectivity index (χ1n) is 7.28. The number of carbonyl (C=O) groups excluding carboxylic acids is 1. The molecule has 22 heavy (non-hydrogen) atoms. The molecule has 3 nitrogen and oxygen atoms in total. The molecular weight excluding hydrogens is 279 g/mol. The highest BCUT2D eigenvalue weighted by Crippen LogP contribution is 2.34. The van der Waals surface area contributed by atoms with Gasteiger partial charge in [-0.25, -0.2) is 4.39 Å². The van der Waals surface area contributed by atoms with Crippen LogP contribution in [0.2, 0.25) is 0 Å². The molecule has 0 radical (unpaired) electrons. The number of aromatic nitrogens is 1. The minimum atomic E-state index is -0.237. The summed E-state index contributed by atoms with van der Waals surface area (Å²) in [6.45, 7) is 3.04. The number of nitrogens with one attached hydrogen (secondary N) is 1. The third kappa shape index (κ3) is 1.88. The van der Waals surface area contributed by atoms with Crippen LogP contribution in [0.1, 0.15) is 15.9 Å². The lowest BCUT2D eigenvalue weighted by Gasteiger charge is -2.12. The van der Waals surface area contributed by atoms with Crippen molar-refractivity contribution in [3.8, 4) is 11.1 Å². The Morgan fingerprint density at radius 3 is 2.68 bits per heavy atom. The van der Waals surface area contributed by atoms with Crippen molar-refractivity contribution >= 4 is 16.8 Å². The summed E-state index contributed by atoms with van der Waals surface area (Å²) < 4.78 is 14.9. The Hall–Kier alpha value is -2.46. The quantitative estimate of drug-likeness (QED) is 0.745. The highest BCUT2D eigenvalue weighted by molar-refractivity contribution is 6.00. The average Bonchev–Trinajstić information content (AvgIpc) is 2.90. The second-order valence-corrected chi connectivity index (χ2v) is 5.66. The van der Waals surface area contributed by atoms with E-state index in [0.717, 1.165) is 33.2 Å². The van der Waals surface area contributed by atoms with E-state index < -0.39 is 0 Å². The van der Waals surface area contributed by atoms with E-state index in [1.807, 2.05) is 19.2 Å². The first-order chi connectivity index (χ1) is 10.6. The molecule has 1 N–H and O–H groups in total. The molecule has 0 unspecified atom stereocenters. The SMILES string of the molecule is Cc1c(-c2ccc(F)cc2)cc2c3c1ccn3C(=O)CNC2. The molecule has 0 fully saturated rings. The molecule has 3 aromatic rings. The maximum atomic E-state index is 13.2. The molecule has 110 valence electrons. The number of halogens is 1. The molecule has 1 aliphatic rings. The Balaban J connectivity index is 2.01. The molecule has 0 saturated carbocycles. The van der Waals surface area contributed by atoms with Crippen LogP contribution in [0.5, 0.6) is 0 Å². The van der Waals surface area contributed by atoms with Gasteiger partial charge in [-0.15, -0.1) is 0 Å². The van der Waals surface area contributed by atoms with Crippen molar-refractivity contribution in [3.63, 3.8) is 0 Å². The zero-order valence-corrected chi connectivity index (χ0v) is 12.2. The molecule has 1 aliphatic heterocycles. The Labute approximate surface area is 127 Å². The van der Waals surface area contributed by atoms with Gasteiger partial charge in [0.1, 0.15) is 5.82 Å². The molecule has 4 heteroatoms. The van der Waals surface area contributed by atoms with Gasteiger partial charge in [0.25, 0.3) is 0 Å². The number of benzene rings is 2. The minimum absolute atomic E-state index is 0.0580. The van der Waals surface area contributed by atoms with E-state index in [-0.39, 0.29) is 11.7 Å². The molecule has 0 saturated heterocycles. The fourth-order valence-corrected chi connectivity index (χ4v) is 3.22. The standard InChI is InChI=1S/C18H15FN2O/c1-11-15-6-7-21-17(22)10-20-9-13(18(15)21)8-16(11)12-2-4-14(19)5-3-12/h2-8,20H,9-10H2,1H3. The van der Waals surface area contributed by atoms with E-state index in [0.29, 0.717) is 13.1 Å². The number of hydrogen-bond acceptors (Lipinski definition) is 2. The van der Waals surface area contributed by atoms with E-state index in [1.54, 1.807) is 16.7 Å². The van der Waals surface area contributed by atoms with Gasteiger partial charge >= 0.3 is 0 Å². The van der Waals surface area contributed by atoms with E-state index in [1.165, 1.54) is 12.1 Å². The van der Waals surface area contributed by atoms with Crippen LogP contribution in [0.25, 0.3) is 22.0 Å². The molecule has 2 heterocycles. The van der Waals surface area contributed by atoms with Gasteiger partial charge in [0, 0.05) is 18.1 Å². The third-order valence-electron chi connectivity index (χ3n) is 4.33. The highest BCUT2D eigenvalue weighted by Gasteiger charge is 2.19. The Kier molecular flexibility index (Phi) is 2.87. The zero-order valence-electron chi connectivity index (χ0n) is 12.2. The number of hydrogen-bond donors (Lipinski definition) is 1. The molecule has 1 aromatic heterocycles. The van der Waals surface area contributed by atoms with Gasteiger partial charge in [0.15, 0.2) is 0 Å². The number of aryl methyl sites for hydroxylation is 1. The van der Waals surface area contributed by atoms with E-state index in [2.05, 4.69) is 11.4 Å². The van der Waals surface area contributed by atoms with E-state index in [4.69, 9.17) is 0 Å². The zero-order chi connectivity index (χ0) is 15.3. The first kappa shape index (κ1) is 13.2. The second kappa shape index (κ2) is 4.78.